The smallest absolute Gasteiger partial charge is 0.257 e. The zero-order valence-electron chi connectivity index (χ0n) is 10.2. The van der Waals surface area contributed by atoms with Crippen LogP contribution in [0.4, 0.5) is 10.9 Å². The van der Waals surface area contributed by atoms with Crippen molar-refractivity contribution in [3.05, 3.63) is 34.5 Å². The number of nitrogen functional groups attached to an aromatic ring is 1. The molecule has 0 aliphatic heterocycles. The molecule has 0 aliphatic carbocycles. The van der Waals surface area contributed by atoms with E-state index in [2.05, 4.69) is 15.3 Å². The Morgan fingerprint density at radius 2 is 2.28 bits per heavy atom. The number of nitrogens with one attached hydrogen (secondary N) is 1. The first-order chi connectivity index (χ1) is 8.58. The summed E-state index contributed by atoms with van der Waals surface area (Å²) < 4.78 is 0. The van der Waals surface area contributed by atoms with Gasteiger partial charge in [-0.2, -0.15) is 0 Å². The van der Waals surface area contributed by atoms with E-state index in [9.17, 15) is 4.79 Å². The van der Waals surface area contributed by atoms with Crippen molar-refractivity contribution in [1.82, 2.24) is 9.97 Å². The fourth-order valence-electron chi connectivity index (χ4n) is 1.50. The Morgan fingerprint density at radius 3 is 2.89 bits per heavy atom. The van der Waals surface area contributed by atoms with Gasteiger partial charge in [0.25, 0.3) is 5.91 Å². The van der Waals surface area contributed by atoms with Gasteiger partial charge in [0.05, 0.1) is 0 Å². The first-order valence-corrected chi connectivity index (χ1v) is 6.40. The molecule has 0 saturated carbocycles. The van der Waals surface area contributed by atoms with Gasteiger partial charge in [-0.1, -0.05) is 6.92 Å². The number of aryl methyl sites for hydroxylation is 2. The van der Waals surface area contributed by atoms with Crippen LogP contribution in [0.5, 0.6) is 0 Å². The lowest BCUT2D eigenvalue weighted by atomic mass is 10.2. The number of nitrogens with two attached hydrogens (primary N) is 1. The minimum Gasteiger partial charge on any atom is -0.384 e. The molecule has 0 aliphatic rings. The maximum Gasteiger partial charge on any atom is 0.257 e. The molecule has 6 heteroatoms. The van der Waals surface area contributed by atoms with Gasteiger partial charge in [0.2, 0.25) is 0 Å². The summed E-state index contributed by atoms with van der Waals surface area (Å²) in [5.74, 6) is 0.142. The van der Waals surface area contributed by atoms with Crippen LogP contribution >= 0.6 is 11.3 Å². The van der Waals surface area contributed by atoms with E-state index in [1.165, 1.54) is 11.3 Å². The fourth-order valence-corrected chi connectivity index (χ4v) is 2.16. The van der Waals surface area contributed by atoms with Gasteiger partial charge in [-0.25, -0.2) is 9.97 Å². The van der Waals surface area contributed by atoms with Crippen molar-refractivity contribution in [2.24, 2.45) is 0 Å². The van der Waals surface area contributed by atoms with Crippen LogP contribution in [0.15, 0.2) is 18.3 Å². The van der Waals surface area contributed by atoms with Crippen molar-refractivity contribution in [3.63, 3.8) is 0 Å². The number of carbonyl (C=O) groups is 1. The van der Waals surface area contributed by atoms with Crippen LogP contribution in [0.3, 0.4) is 0 Å². The Balaban J connectivity index is 2.20. The number of hydrogen-bond acceptors (Lipinski definition) is 5. The van der Waals surface area contributed by atoms with Gasteiger partial charge in [-0.05, 0) is 25.5 Å². The van der Waals surface area contributed by atoms with E-state index >= 15 is 0 Å². The molecule has 2 heterocycles. The van der Waals surface area contributed by atoms with Gasteiger partial charge in [-0.15, -0.1) is 11.3 Å². The standard InChI is InChI=1S/C12H14N4OS/c1-3-9-4-8(5-10(13)15-9)11(17)16-12-14-6-7(2)18-12/h4-6H,3H2,1-2H3,(H2,13,15)(H,14,16,17). The highest BCUT2D eigenvalue weighted by Gasteiger charge is 2.10. The average Bonchev–Trinajstić information content (AvgIpc) is 2.73. The second-order valence-corrected chi connectivity index (χ2v) is 5.09. The summed E-state index contributed by atoms with van der Waals surface area (Å²) in [5.41, 5.74) is 6.97. The molecule has 2 aromatic rings. The van der Waals surface area contributed by atoms with Crippen molar-refractivity contribution in [2.75, 3.05) is 11.1 Å². The van der Waals surface area contributed by atoms with Crippen LogP contribution in [0.25, 0.3) is 0 Å². The Kier molecular flexibility index (Phi) is 3.57. The highest BCUT2D eigenvalue weighted by atomic mass is 32.1. The molecule has 0 unspecified atom stereocenters. The van der Waals surface area contributed by atoms with E-state index in [1.807, 2.05) is 13.8 Å². The fraction of sp³-hybridized carbons (Fsp3) is 0.250. The minimum atomic E-state index is -0.215. The normalized spacial score (nSPS) is 10.3. The van der Waals surface area contributed by atoms with E-state index in [0.717, 1.165) is 17.0 Å². The van der Waals surface area contributed by atoms with Gasteiger partial charge in [0, 0.05) is 22.3 Å². The van der Waals surface area contributed by atoms with Crippen LogP contribution in [0.2, 0.25) is 0 Å². The van der Waals surface area contributed by atoms with Crippen molar-refractivity contribution in [3.8, 4) is 0 Å². The van der Waals surface area contributed by atoms with Crippen molar-refractivity contribution in [2.45, 2.75) is 20.3 Å². The summed E-state index contributed by atoms with van der Waals surface area (Å²) in [6.07, 6.45) is 2.46. The molecule has 1 amide bonds. The molecule has 0 spiro atoms. The molecular formula is C12H14N4OS. The third kappa shape index (κ3) is 2.84. The largest absolute Gasteiger partial charge is 0.384 e. The lowest BCUT2D eigenvalue weighted by Gasteiger charge is -2.05. The SMILES string of the molecule is CCc1cc(C(=O)Nc2ncc(C)s2)cc(N)n1. The molecule has 0 fully saturated rings. The summed E-state index contributed by atoms with van der Waals surface area (Å²) in [6.45, 7) is 3.90. The Labute approximate surface area is 109 Å². The van der Waals surface area contributed by atoms with E-state index in [0.29, 0.717) is 16.5 Å². The maximum atomic E-state index is 12.0. The third-order valence-electron chi connectivity index (χ3n) is 2.36. The first-order valence-electron chi connectivity index (χ1n) is 5.58. The maximum absolute atomic E-state index is 12.0. The van der Waals surface area contributed by atoms with Crippen LogP contribution in [-0.4, -0.2) is 15.9 Å². The Bertz CT molecular complexity index is 579. The molecule has 2 rings (SSSR count). The molecule has 0 bridgehead atoms. The second kappa shape index (κ2) is 5.14. The summed E-state index contributed by atoms with van der Waals surface area (Å²) in [5, 5.41) is 3.33. The molecule has 5 nitrogen and oxygen atoms in total. The molecule has 0 atom stereocenters. The predicted molar refractivity (Wildman–Crippen MR) is 72.8 cm³/mol. The number of rotatable bonds is 3. The first kappa shape index (κ1) is 12.5. The zero-order chi connectivity index (χ0) is 13.1. The quantitative estimate of drug-likeness (QED) is 0.889. The van der Waals surface area contributed by atoms with Gasteiger partial charge < -0.3 is 5.73 Å². The van der Waals surface area contributed by atoms with Crippen molar-refractivity contribution >= 4 is 28.2 Å². The Morgan fingerprint density at radius 1 is 1.50 bits per heavy atom. The second-order valence-electron chi connectivity index (χ2n) is 3.86. The van der Waals surface area contributed by atoms with E-state index in [-0.39, 0.29) is 5.91 Å². The predicted octanol–water partition coefficient (Wildman–Crippen LogP) is 2.24. The Hall–Kier alpha value is -1.95. The summed E-state index contributed by atoms with van der Waals surface area (Å²) >= 11 is 1.43. The summed E-state index contributed by atoms with van der Waals surface area (Å²) in [6, 6.07) is 3.31. The number of thiazole rings is 1. The number of nitrogens with zero attached hydrogens (tertiary/aromatic N) is 2. The molecule has 0 saturated heterocycles. The highest BCUT2D eigenvalue weighted by molar-refractivity contribution is 7.15. The van der Waals surface area contributed by atoms with Gasteiger partial charge in [0.1, 0.15) is 5.82 Å². The van der Waals surface area contributed by atoms with Gasteiger partial charge in [-0.3, -0.25) is 10.1 Å². The number of amides is 1. The van der Waals surface area contributed by atoms with Crippen LogP contribution < -0.4 is 11.1 Å². The number of hydrogen-bond donors (Lipinski definition) is 2. The van der Waals surface area contributed by atoms with Crippen molar-refractivity contribution in [1.29, 1.82) is 0 Å². The molecule has 2 aromatic heterocycles. The molecule has 0 aromatic carbocycles. The summed E-state index contributed by atoms with van der Waals surface area (Å²) in [7, 11) is 0. The highest BCUT2D eigenvalue weighted by Crippen LogP contribution is 2.18. The number of aromatic nitrogens is 2. The van der Waals surface area contributed by atoms with Gasteiger partial charge in [0.15, 0.2) is 5.13 Å². The van der Waals surface area contributed by atoms with Crippen LogP contribution in [0, 0.1) is 6.92 Å². The van der Waals surface area contributed by atoms with E-state index < -0.39 is 0 Å². The number of anilines is 2. The molecule has 0 radical (unpaired) electrons. The zero-order valence-corrected chi connectivity index (χ0v) is 11.0. The molecule has 3 N–H and O–H groups in total. The molecular weight excluding hydrogens is 248 g/mol. The molecule has 18 heavy (non-hydrogen) atoms. The minimum absolute atomic E-state index is 0.215. The number of carbonyl (C=O) groups excluding carboxylic acids is 1. The van der Waals surface area contributed by atoms with E-state index in [1.54, 1.807) is 18.3 Å². The monoisotopic (exact) mass is 262 g/mol. The molecule has 94 valence electrons. The average molecular weight is 262 g/mol. The lowest BCUT2D eigenvalue weighted by molar-refractivity contribution is 0.102. The van der Waals surface area contributed by atoms with Crippen LogP contribution in [0.1, 0.15) is 27.9 Å². The van der Waals surface area contributed by atoms with Gasteiger partial charge >= 0.3 is 0 Å². The van der Waals surface area contributed by atoms with Crippen molar-refractivity contribution < 1.29 is 4.79 Å². The van der Waals surface area contributed by atoms with E-state index in [4.69, 9.17) is 5.73 Å². The topological polar surface area (TPSA) is 80.9 Å². The third-order valence-corrected chi connectivity index (χ3v) is 3.19. The number of pyridine rings is 1. The summed E-state index contributed by atoms with van der Waals surface area (Å²) in [4.78, 5) is 21.3. The lowest BCUT2D eigenvalue weighted by Crippen LogP contribution is -2.13. The van der Waals surface area contributed by atoms with Crippen LogP contribution in [-0.2, 0) is 6.42 Å².